The van der Waals surface area contributed by atoms with Crippen LogP contribution in [0.5, 0.6) is 11.6 Å². The Labute approximate surface area is 132 Å². The van der Waals surface area contributed by atoms with Crippen LogP contribution in [-0.2, 0) is 0 Å². The van der Waals surface area contributed by atoms with Gasteiger partial charge in [-0.15, -0.1) is 4.37 Å². The van der Waals surface area contributed by atoms with Crippen LogP contribution in [0.25, 0.3) is 0 Å². The number of halogens is 1. The van der Waals surface area contributed by atoms with Gasteiger partial charge in [-0.2, -0.15) is 4.37 Å². The third-order valence-corrected chi connectivity index (χ3v) is 3.64. The van der Waals surface area contributed by atoms with E-state index >= 15 is 0 Å². The molecule has 114 valence electrons. The molecule has 8 heteroatoms. The van der Waals surface area contributed by atoms with E-state index in [9.17, 15) is 5.11 Å². The van der Waals surface area contributed by atoms with Gasteiger partial charge in [0.1, 0.15) is 24.7 Å². The number of aliphatic hydroxyl groups excluding tert-OH is 1. The second-order valence-electron chi connectivity index (χ2n) is 4.39. The van der Waals surface area contributed by atoms with Gasteiger partial charge in [0.25, 0.3) is 0 Å². The molecule has 0 spiro atoms. The zero-order valence-corrected chi connectivity index (χ0v) is 13.2. The number of rotatable bonds is 7. The maximum atomic E-state index is 9.90. The van der Waals surface area contributed by atoms with Gasteiger partial charge in [-0.05, 0) is 18.6 Å². The summed E-state index contributed by atoms with van der Waals surface area (Å²) >= 11 is 7.10. The Morgan fingerprint density at radius 1 is 1.48 bits per heavy atom. The number of ether oxygens (including phenoxy) is 2. The number of hydrogen-bond donors (Lipinski definition) is 2. The highest BCUT2D eigenvalue weighted by Crippen LogP contribution is 2.30. The predicted molar refractivity (Wildman–Crippen MR) is 82.6 cm³/mol. The average Bonchev–Trinajstić information content (AvgIpc) is 2.99. The molecule has 21 heavy (non-hydrogen) atoms. The van der Waals surface area contributed by atoms with E-state index in [-0.39, 0.29) is 6.61 Å². The maximum absolute atomic E-state index is 9.90. The molecular formula is C13H16ClN3O3S. The van der Waals surface area contributed by atoms with Crippen molar-refractivity contribution >= 4 is 29.0 Å². The average molecular weight is 330 g/mol. The van der Waals surface area contributed by atoms with Gasteiger partial charge in [0.15, 0.2) is 0 Å². The number of aryl methyl sites for hydroxylation is 1. The van der Waals surface area contributed by atoms with E-state index in [1.54, 1.807) is 13.2 Å². The summed E-state index contributed by atoms with van der Waals surface area (Å²) in [6, 6.07) is 3.61. The van der Waals surface area contributed by atoms with E-state index in [1.165, 1.54) is 6.20 Å². The molecule has 0 bridgehead atoms. The second kappa shape index (κ2) is 7.44. The van der Waals surface area contributed by atoms with Crippen LogP contribution in [-0.4, -0.2) is 40.2 Å². The van der Waals surface area contributed by atoms with Crippen LogP contribution in [0.3, 0.4) is 0 Å². The zero-order chi connectivity index (χ0) is 15.2. The smallest absolute Gasteiger partial charge is 0.245 e. The normalized spacial score (nSPS) is 12.0. The molecule has 0 saturated heterocycles. The molecule has 0 saturated carbocycles. The Balaban J connectivity index is 1.88. The number of aromatic nitrogens is 2. The van der Waals surface area contributed by atoms with Crippen molar-refractivity contribution in [1.29, 1.82) is 0 Å². The van der Waals surface area contributed by atoms with E-state index in [0.717, 1.165) is 23.0 Å². The second-order valence-corrected chi connectivity index (χ2v) is 5.36. The summed E-state index contributed by atoms with van der Waals surface area (Å²) in [6.45, 7) is 2.35. The lowest BCUT2D eigenvalue weighted by Crippen LogP contribution is -2.26. The van der Waals surface area contributed by atoms with E-state index in [0.29, 0.717) is 23.2 Å². The minimum absolute atomic E-state index is 0.132. The van der Waals surface area contributed by atoms with Crippen LogP contribution >= 0.6 is 23.3 Å². The molecule has 1 aromatic heterocycles. The van der Waals surface area contributed by atoms with Crippen molar-refractivity contribution in [1.82, 2.24) is 8.75 Å². The number of aliphatic hydroxyl groups is 1. The lowest BCUT2D eigenvalue weighted by Gasteiger charge is -2.16. The summed E-state index contributed by atoms with van der Waals surface area (Å²) < 4.78 is 18.3. The Hall–Kier alpha value is -1.57. The molecule has 0 aliphatic heterocycles. The summed E-state index contributed by atoms with van der Waals surface area (Å²) in [4.78, 5) is 0. The van der Waals surface area contributed by atoms with Gasteiger partial charge in [0, 0.05) is 17.6 Å². The van der Waals surface area contributed by atoms with E-state index in [2.05, 4.69) is 14.1 Å². The van der Waals surface area contributed by atoms with Crippen molar-refractivity contribution in [2.45, 2.75) is 13.0 Å². The highest BCUT2D eigenvalue weighted by molar-refractivity contribution is 6.99. The van der Waals surface area contributed by atoms with Gasteiger partial charge >= 0.3 is 0 Å². The first kappa shape index (κ1) is 15.8. The molecular weight excluding hydrogens is 314 g/mol. The van der Waals surface area contributed by atoms with Crippen LogP contribution in [0.15, 0.2) is 18.3 Å². The molecule has 1 unspecified atom stereocenters. The number of nitrogens with one attached hydrogen (secondary N) is 1. The van der Waals surface area contributed by atoms with Crippen molar-refractivity contribution in [3.63, 3.8) is 0 Å². The van der Waals surface area contributed by atoms with Gasteiger partial charge in [-0.3, -0.25) is 0 Å². The van der Waals surface area contributed by atoms with Crippen LogP contribution in [0.1, 0.15) is 5.56 Å². The molecule has 0 radical (unpaired) electrons. The largest absolute Gasteiger partial charge is 0.495 e. The summed E-state index contributed by atoms with van der Waals surface area (Å²) in [7, 11) is 1.57. The van der Waals surface area contributed by atoms with Crippen molar-refractivity contribution in [2.24, 2.45) is 0 Å². The van der Waals surface area contributed by atoms with Crippen LogP contribution in [0.2, 0.25) is 5.02 Å². The van der Waals surface area contributed by atoms with Crippen LogP contribution < -0.4 is 14.8 Å². The Kier molecular flexibility index (Phi) is 5.60. The van der Waals surface area contributed by atoms with Gasteiger partial charge < -0.3 is 19.9 Å². The first-order chi connectivity index (χ1) is 10.1. The lowest BCUT2D eigenvalue weighted by molar-refractivity contribution is 0.115. The minimum Gasteiger partial charge on any atom is -0.495 e. The number of benzene rings is 1. The van der Waals surface area contributed by atoms with Crippen LogP contribution in [0.4, 0.5) is 5.69 Å². The Morgan fingerprint density at radius 2 is 2.29 bits per heavy atom. The maximum Gasteiger partial charge on any atom is 0.245 e. The van der Waals surface area contributed by atoms with Gasteiger partial charge in [0.05, 0.1) is 24.5 Å². The lowest BCUT2D eigenvalue weighted by atomic mass is 10.2. The van der Waals surface area contributed by atoms with Crippen molar-refractivity contribution < 1.29 is 14.6 Å². The van der Waals surface area contributed by atoms with E-state index in [1.807, 2.05) is 13.0 Å². The fraction of sp³-hybridized carbons (Fsp3) is 0.385. The monoisotopic (exact) mass is 329 g/mol. The Morgan fingerprint density at radius 3 is 2.95 bits per heavy atom. The number of anilines is 1. The third kappa shape index (κ3) is 4.45. The standard InChI is InChI=1S/C13H16ClN3O3S/c1-8-3-11(12(19-2)4-10(8)14)15-5-9(18)7-20-13-6-16-21-17-13/h3-4,6,9,15,18H,5,7H2,1-2H3. The molecule has 1 heterocycles. The van der Waals surface area contributed by atoms with Gasteiger partial charge in [-0.1, -0.05) is 11.6 Å². The molecule has 2 N–H and O–H groups in total. The van der Waals surface area contributed by atoms with E-state index < -0.39 is 6.10 Å². The third-order valence-electron chi connectivity index (χ3n) is 2.77. The first-order valence-electron chi connectivity index (χ1n) is 6.26. The summed E-state index contributed by atoms with van der Waals surface area (Å²) in [5.41, 5.74) is 1.70. The molecule has 0 amide bonds. The van der Waals surface area contributed by atoms with Crippen molar-refractivity contribution in [3.8, 4) is 11.6 Å². The molecule has 0 fully saturated rings. The molecule has 0 aliphatic carbocycles. The highest BCUT2D eigenvalue weighted by Gasteiger charge is 2.10. The first-order valence-corrected chi connectivity index (χ1v) is 7.37. The number of nitrogens with zero attached hydrogens (tertiary/aromatic N) is 2. The fourth-order valence-electron chi connectivity index (χ4n) is 1.66. The zero-order valence-electron chi connectivity index (χ0n) is 11.7. The molecule has 6 nitrogen and oxygen atoms in total. The molecule has 1 atom stereocenters. The molecule has 2 aromatic rings. The molecule has 1 aromatic carbocycles. The molecule has 2 rings (SSSR count). The summed E-state index contributed by atoms with van der Waals surface area (Å²) in [5.74, 6) is 1.04. The van der Waals surface area contributed by atoms with Crippen molar-refractivity contribution in [2.75, 3.05) is 25.6 Å². The van der Waals surface area contributed by atoms with Gasteiger partial charge in [-0.25, -0.2) is 0 Å². The summed E-state index contributed by atoms with van der Waals surface area (Å²) in [6.07, 6.45) is 0.823. The summed E-state index contributed by atoms with van der Waals surface area (Å²) in [5, 5.41) is 13.6. The SMILES string of the molecule is COc1cc(Cl)c(C)cc1NCC(O)COc1cnsn1. The quantitative estimate of drug-likeness (QED) is 0.812. The number of hydrogen-bond acceptors (Lipinski definition) is 7. The van der Waals surface area contributed by atoms with Gasteiger partial charge in [0.2, 0.25) is 5.88 Å². The predicted octanol–water partition coefficient (Wildman–Crippen LogP) is 2.36. The topological polar surface area (TPSA) is 76.5 Å². The van der Waals surface area contributed by atoms with E-state index in [4.69, 9.17) is 21.1 Å². The Bertz CT molecular complexity index is 580. The molecule has 0 aliphatic rings. The fourth-order valence-corrected chi connectivity index (χ4v) is 2.18. The van der Waals surface area contributed by atoms with Crippen molar-refractivity contribution in [3.05, 3.63) is 28.9 Å². The van der Waals surface area contributed by atoms with Crippen LogP contribution in [0, 0.1) is 6.92 Å². The highest BCUT2D eigenvalue weighted by atomic mass is 35.5. The minimum atomic E-state index is -0.688. The number of methoxy groups -OCH3 is 1.